The summed E-state index contributed by atoms with van der Waals surface area (Å²) in [5.41, 5.74) is 0.409. The van der Waals surface area contributed by atoms with Gasteiger partial charge in [-0.1, -0.05) is 23.2 Å². The van der Waals surface area contributed by atoms with E-state index in [0.717, 1.165) is 0 Å². The summed E-state index contributed by atoms with van der Waals surface area (Å²) >= 11 is 11.7. The molecule has 1 aromatic carbocycles. The van der Waals surface area contributed by atoms with E-state index in [1.165, 1.54) is 37.6 Å². The number of benzene rings is 1. The van der Waals surface area contributed by atoms with Crippen LogP contribution in [0, 0.1) is 10.1 Å². The number of rotatable bonds is 5. The van der Waals surface area contributed by atoms with Gasteiger partial charge in [0.15, 0.2) is 0 Å². The lowest BCUT2D eigenvalue weighted by Crippen LogP contribution is -2.01. The molecule has 8 heteroatoms. The van der Waals surface area contributed by atoms with E-state index in [1.807, 2.05) is 0 Å². The van der Waals surface area contributed by atoms with E-state index in [-0.39, 0.29) is 23.2 Å². The molecule has 0 spiro atoms. The molecule has 2 aromatic rings. The maximum absolute atomic E-state index is 11.0. The fourth-order valence-electron chi connectivity index (χ4n) is 1.59. The molecule has 1 aromatic heterocycles. The molecule has 0 aliphatic carbocycles. The molecule has 6 nitrogen and oxygen atoms in total. The summed E-state index contributed by atoms with van der Waals surface area (Å²) in [6, 6.07) is 5.72. The number of methoxy groups -OCH3 is 1. The van der Waals surface area contributed by atoms with Crippen molar-refractivity contribution in [3.05, 3.63) is 56.3 Å². The van der Waals surface area contributed by atoms with Gasteiger partial charge in [-0.2, -0.15) is 0 Å². The van der Waals surface area contributed by atoms with Crippen LogP contribution < -0.4 is 9.47 Å². The molecule has 0 fully saturated rings. The predicted molar refractivity (Wildman–Crippen MR) is 78.2 cm³/mol. The van der Waals surface area contributed by atoms with Gasteiger partial charge < -0.3 is 9.47 Å². The van der Waals surface area contributed by atoms with Crippen LogP contribution in [0.3, 0.4) is 0 Å². The largest absolute Gasteiger partial charge is 0.497 e. The van der Waals surface area contributed by atoms with Crippen LogP contribution in [0.1, 0.15) is 5.56 Å². The van der Waals surface area contributed by atoms with Gasteiger partial charge in [0.25, 0.3) is 0 Å². The second-order valence-electron chi connectivity index (χ2n) is 3.98. The lowest BCUT2D eigenvalue weighted by Gasteiger charge is -2.09. The Morgan fingerprint density at radius 1 is 1.33 bits per heavy atom. The van der Waals surface area contributed by atoms with Gasteiger partial charge in [-0.3, -0.25) is 10.1 Å². The number of hydrogen-bond acceptors (Lipinski definition) is 5. The van der Waals surface area contributed by atoms with E-state index in [1.54, 1.807) is 0 Å². The minimum absolute atomic E-state index is 0.0248. The molecular formula is C13H10Cl2N2O4. The first-order valence-corrected chi connectivity index (χ1v) is 6.52. The Kier molecular flexibility index (Phi) is 4.82. The van der Waals surface area contributed by atoms with E-state index >= 15 is 0 Å². The minimum atomic E-state index is -0.531. The maximum atomic E-state index is 11.0. The summed E-state index contributed by atoms with van der Waals surface area (Å²) < 4.78 is 10.5. The summed E-state index contributed by atoms with van der Waals surface area (Å²) in [5.74, 6) is 0.543. The van der Waals surface area contributed by atoms with E-state index in [0.29, 0.717) is 16.3 Å². The van der Waals surface area contributed by atoms with Crippen molar-refractivity contribution >= 4 is 28.9 Å². The fraction of sp³-hybridized carbons (Fsp3) is 0.154. The van der Waals surface area contributed by atoms with Gasteiger partial charge in [0.2, 0.25) is 5.75 Å². The summed E-state index contributed by atoms with van der Waals surface area (Å²) in [6.45, 7) is 0.0248. The van der Waals surface area contributed by atoms with Crippen LogP contribution in [0.15, 0.2) is 30.5 Å². The number of ether oxygens (including phenoxy) is 2. The lowest BCUT2D eigenvalue weighted by molar-refractivity contribution is -0.386. The zero-order valence-electron chi connectivity index (χ0n) is 10.9. The van der Waals surface area contributed by atoms with Crippen molar-refractivity contribution in [3.63, 3.8) is 0 Å². The van der Waals surface area contributed by atoms with E-state index < -0.39 is 4.92 Å². The second-order valence-corrected chi connectivity index (χ2v) is 4.77. The normalized spacial score (nSPS) is 10.2. The standard InChI is InChI=1S/C13H10Cl2N2O4/c1-20-9-2-3-11(17(18)19)12(4-9)21-7-8-6-16-13(15)5-10(8)14/h2-6H,7H2,1H3. The third-order valence-electron chi connectivity index (χ3n) is 2.64. The first-order chi connectivity index (χ1) is 10.0. The Balaban J connectivity index is 2.24. The smallest absolute Gasteiger partial charge is 0.311 e. The van der Waals surface area contributed by atoms with E-state index in [9.17, 15) is 10.1 Å². The van der Waals surface area contributed by atoms with Gasteiger partial charge in [-0.15, -0.1) is 0 Å². The molecule has 2 rings (SSSR count). The van der Waals surface area contributed by atoms with Crippen LogP contribution in [-0.2, 0) is 6.61 Å². The number of aromatic nitrogens is 1. The SMILES string of the molecule is COc1ccc([N+](=O)[O-])c(OCc2cnc(Cl)cc2Cl)c1. The van der Waals surface area contributed by atoms with Crippen LogP contribution in [0.2, 0.25) is 10.2 Å². The van der Waals surface area contributed by atoms with Crippen molar-refractivity contribution in [2.24, 2.45) is 0 Å². The molecule has 0 radical (unpaired) electrons. The summed E-state index contributed by atoms with van der Waals surface area (Å²) in [5, 5.41) is 11.6. The highest BCUT2D eigenvalue weighted by Gasteiger charge is 2.16. The van der Waals surface area contributed by atoms with Gasteiger partial charge in [0.1, 0.15) is 17.5 Å². The van der Waals surface area contributed by atoms with Crippen LogP contribution in [0.5, 0.6) is 11.5 Å². The van der Waals surface area contributed by atoms with Crippen molar-refractivity contribution in [1.82, 2.24) is 4.98 Å². The second kappa shape index (κ2) is 6.60. The Hall–Kier alpha value is -2.05. The minimum Gasteiger partial charge on any atom is -0.497 e. The van der Waals surface area contributed by atoms with Crippen molar-refractivity contribution in [1.29, 1.82) is 0 Å². The van der Waals surface area contributed by atoms with Crippen molar-refractivity contribution in [2.75, 3.05) is 7.11 Å². The van der Waals surface area contributed by atoms with E-state index in [4.69, 9.17) is 32.7 Å². The molecule has 0 saturated carbocycles. The monoisotopic (exact) mass is 328 g/mol. The third-order valence-corrected chi connectivity index (χ3v) is 3.20. The average Bonchev–Trinajstić information content (AvgIpc) is 2.45. The van der Waals surface area contributed by atoms with E-state index in [2.05, 4.69) is 4.98 Å². The van der Waals surface area contributed by atoms with Crippen LogP contribution in [0.4, 0.5) is 5.69 Å². The molecule has 110 valence electrons. The summed E-state index contributed by atoms with van der Waals surface area (Å²) in [6.07, 6.45) is 1.46. The van der Waals surface area contributed by atoms with Gasteiger partial charge in [-0.05, 0) is 12.1 Å². The molecule has 0 bridgehead atoms. The van der Waals surface area contributed by atoms with Crippen LogP contribution in [-0.4, -0.2) is 17.0 Å². The van der Waals surface area contributed by atoms with Crippen molar-refractivity contribution in [2.45, 2.75) is 6.61 Å². The number of nitro groups is 1. The summed E-state index contributed by atoms with van der Waals surface area (Å²) in [7, 11) is 1.46. The molecule has 0 saturated heterocycles. The molecule has 0 aliphatic rings. The molecule has 0 N–H and O–H groups in total. The van der Waals surface area contributed by atoms with Crippen LogP contribution >= 0.6 is 23.2 Å². The maximum Gasteiger partial charge on any atom is 0.311 e. The molecule has 1 heterocycles. The van der Waals surface area contributed by atoms with Gasteiger partial charge in [-0.25, -0.2) is 4.98 Å². The van der Waals surface area contributed by atoms with Gasteiger partial charge in [0.05, 0.1) is 17.1 Å². The van der Waals surface area contributed by atoms with Gasteiger partial charge >= 0.3 is 5.69 Å². The Bertz CT molecular complexity index is 679. The number of pyridine rings is 1. The zero-order valence-corrected chi connectivity index (χ0v) is 12.4. The highest BCUT2D eigenvalue weighted by atomic mass is 35.5. The molecule has 0 amide bonds. The average molecular weight is 329 g/mol. The number of halogens is 2. The number of hydrogen-bond donors (Lipinski definition) is 0. The molecule has 0 aliphatic heterocycles. The topological polar surface area (TPSA) is 74.5 Å². The van der Waals surface area contributed by atoms with Crippen molar-refractivity contribution in [3.8, 4) is 11.5 Å². The Labute approximate surface area is 130 Å². The first kappa shape index (κ1) is 15.3. The van der Waals surface area contributed by atoms with Crippen LogP contribution in [0.25, 0.3) is 0 Å². The molecular weight excluding hydrogens is 319 g/mol. The highest BCUT2D eigenvalue weighted by Crippen LogP contribution is 2.32. The summed E-state index contributed by atoms with van der Waals surface area (Å²) in [4.78, 5) is 14.3. The predicted octanol–water partition coefficient (Wildman–Crippen LogP) is 3.88. The Morgan fingerprint density at radius 3 is 2.71 bits per heavy atom. The first-order valence-electron chi connectivity index (χ1n) is 5.76. The number of nitrogens with zero attached hydrogens (tertiary/aromatic N) is 2. The lowest BCUT2D eigenvalue weighted by atomic mass is 10.2. The quantitative estimate of drug-likeness (QED) is 0.473. The Morgan fingerprint density at radius 2 is 2.10 bits per heavy atom. The zero-order chi connectivity index (χ0) is 15.4. The van der Waals surface area contributed by atoms with Crippen molar-refractivity contribution < 1.29 is 14.4 Å². The number of nitro benzene ring substituents is 1. The highest BCUT2D eigenvalue weighted by molar-refractivity contribution is 6.34. The fourth-order valence-corrected chi connectivity index (χ4v) is 2.01. The molecule has 0 unspecified atom stereocenters. The third kappa shape index (κ3) is 3.74. The molecule has 21 heavy (non-hydrogen) atoms. The molecule has 0 atom stereocenters. The van der Waals surface area contributed by atoms with Gasteiger partial charge in [0, 0.05) is 23.9 Å².